The molecule has 0 spiro atoms. The third kappa shape index (κ3) is 3.42. The van der Waals surface area contributed by atoms with Gasteiger partial charge in [-0.1, -0.05) is 23.8 Å². The van der Waals surface area contributed by atoms with Crippen LogP contribution in [0.3, 0.4) is 0 Å². The zero-order valence-corrected chi connectivity index (χ0v) is 15.4. The Morgan fingerprint density at radius 3 is 2.64 bits per heavy atom. The highest BCUT2D eigenvalue weighted by Crippen LogP contribution is 2.17. The Morgan fingerprint density at radius 1 is 1.14 bits per heavy atom. The highest BCUT2D eigenvalue weighted by molar-refractivity contribution is 5.93. The van der Waals surface area contributed by atoms with Crippen LogP contribution in [0.15, 0.2) is 70.4 Å². The Morgan fingerprint density at radius 2 is 1.93 bits per heavy atom. The van der Waals surface area contributed by atoms with Crippen molar-refractivity contribution in [3.8, 4) is 5.69 Å². The summed E-state index contributed by atoms with van der Waals surface area (Å²) < 4.78 is 7.28. The summed E-state index contributed by atoms with van der Waals surface area (Å²) in [5, 5.41) is 7.41. The SMILES string of the molecule is Cc1ccc2oc(C(=O)N[C@@H](C)c3ccc(-n4cncn4)cc3)cc(=O)c2c1. The van der Waals surface area contributed by atoms with Crippen molar-refractivity contribution in [2.45, 2.75) is 19.9 Å². The van der Waals surface area contributed by atoms with Crippen LogP contribution >= 0.6 is 0 Å². The monoisotopic (exact) mass is 374 g/mol. The largest absolute Gasteiger partial charge is 0.451 e. The Labute approximate surface area is 160 Å². The van der Waals surface area contributed by atoms with Crippen molar-refractivity contribution in [3.05, 3.63) is 88.3 Å². The van der Waals surface area contributed by atoms with Gasteiger partial charge in [0.15, 0.2) is 11.2 Å². The highest BCUT2D eigenvalue weighted by Gasteiger charge is 2.16. The minimum atomic E-state index is -0.438. The number of nitrogens with one attached hydrogen (secondary N) is 1. The van der Waals surface area contributed by atoms with Gasteiger partial charge in [-0.05, 0) is 43.7 Å². The minimum Gasteiger partial charge on any atom is -0.451 e. The predicted molar refractivity (Wildman–Crippen MR) is 104 cm³/mol. The second-order valence-corrected chi connectivity index (χ2v) is 6.60. The van der Waals surface area contributed by atoms with E-state index in [1.807, 2.05) is 44.2 Å². The summed E-state index contributed by atoms with van der Waals surface area (Å²) >= 11 is 0. The van der Waals surface area contributed by atoms with Crippen LogP contribution in [0.25, 0.3) is 16.7 Å². The van der Waals surface area contributed by atoms with E-state index in [1.165, 1.54) is 12.4 Å². The van der Waals surface area contributed by atoms with E-state index in [-0.39, 0.29) is 17.2 Å². The summed E-state index contributed by atoms with van der Waals surface area (Å²) in [6.45, 7) is 3.76. The summed E-state index contributed by atoms with van der Waals surface area (Å²) in [4.78, 5) is 28.8. The van der Waals surface area contributed by atoms with E-state index in [2.05, 4.69) is 15.4 Å². The Bertz CT molecular complexity index is 1190. The number of rotatable bonds is 4. The number of fused-ring (bicyclic) bond motifs is 1. The van der Waals surface area contributed by atoms with Crippen molar-refractivity contribution < 1.29 is 9.21 Å². The molecule has 1 atom stereocenters. The fourth-order valence-electron chi connectivity index (χ4n) is 2.99. The van der Waals surface area contributed by atoms with E-state index in [4.69, 9.17) is 4.42 Å². The summed E-state index contributed by atoms with van der Waals surface area (Å²) in [6.07, 6.45) is 3.08. The van der Waals surface area contributed by atoms with Gasteiger partial charge in [-0.15, -0.1) is 0 Å². The van der Waals surface area contributed by atoms with Crippen LogP contribution in [0.2, 0.25) is 0 Å². The number of amides is 1. The standard InChI is InChI=1S/C21H18N4O3/c1-13-3-8-19-17(9-13)18(26)10-20(28-19)21(27)24-14(2)15-4-6-16(7-5-15)25-12-22-11-23-25/h3-12,14H,1-2H3,(H,24,27)/t14-/m0/s1. The molecule has 1 N–H and O–H groups in total. The molecule has 0 aliphatic rings. The van der Waals surface area contributed by atoms with Crippen molar-refractivity contribution in [3.63, 3.8) is 0 Å². The zero-order chi connectivity index (χ0) is 19.7. The highest BCUT2D eigenvalue weighted by atomic mass is 16.3. The van der Waals surface area contributed by atoms with Gasteiger partial charge in [-0.3, -0.25) is 9.59 Å². The van der Waals surface area contributed by atoms with E-state index in [1.54, 1.807) is 23.1 Å². The number of carbonyl (C=O) groups excluding carboxylic acids is 1. The number of hydrogen-bond acceptors (Lipinski definition) is 5. The van der Waals surface area contributed by atoms with Crippen LogP contribution in [0.4, 0.5) is 0 Å². The molecule has 0 aliphatic heterocycles. The quantitative estimate of drug-likeness (QED) is 0.592. The summed E-state index contributed by atoms with van der Waals surface area (Å²) in [6, 6.07) is 13.9. The van der Waals surface area contributed by atoms with Gasteiger partial charge in [0.05, 0.1) is 17.1 Å². The molecule has 140 valence electrons. The molecule has 1 amide bonds. The molecule has 0 radical (unpaired) electrons. The van der Waals surface area contributed by atoms with Gasteiger partial charge in [-0.25, -0.2) is 9.67 Å². The van der Waals surface area contributed by atoms with Gasteiger partial charge < -0.3 is 9.73 Å². The molecule has 0 fully saturated rings. The van der Waals surface area contributed by atoms with Crippen LogP contribution < -0.4 is 10.7 Å². The maximum Gasteiger partial charge on any atom is 0.287 e. The molecule has 0 bridgehead atoms. The smallest absolute Gasteiger partial charge is 0.287 e. The first-order valence-corrected chi connectivity index (χ1v) is 8.81. The summed E-state index contributed by atoms with van der Waals surface area (Å²) in [5.74, 6) is -0.445. The predicted octanol–water partition coefficient (Wildman–Crippen LogP) is 3.17. The third-order valence-electron chi connectivity index (χ3n) is 4.53. The van der Waals surface area contributed by atoms with E-state index in [0.717, 1.165) is 16.8 Å². The molecule has 2 heterocycles. The van der Waals surface area contributed by atoms with Gasteiger partial charge in [0.1, 0.15) is 18.2 Å². The third-order valence-corrected chi connectivity index (χ3v) is 4.53. The molecule has 28 heavy (non-hydrogen) atoms. The van der Waals surface area contributed by atoms with Gasteiger partial charge >= 0.3 is 0 Å². The van der Waals surface area contributed by atoms with E-state index < -0.39 is 5.91 Å². The van der Waals surface area contributed by atoms with Crippen molar-refractivity contribution in [1.29, 1.82) is 0 Å². The molecular weight excluding hydrogens is 356 g/mol. The van der Waals surface area contributed by atoms with Gasteiger partial charge in [0, 0.05) is 6.07 Å². The lowest BCUT2D eigenvalue weighted by molar-refractivity contribution is 0.0912. The molecular formula is C21H18N4O3. The second-order valence-electron chi connectivity index (χ2n) is 6.60. The van der Waals surface area contributed by atoms with Crippen LogP contribution in [0, 0.1) is 6.92 Å². The fraction of sp³-hybridized carbons (Fsp3) is 0.143. The topological polar surface area (TPSA) is 90.0 Å². The maximum atomic E-state index is 12.6. The van der Waals surface area contributed by atoms with Gasteiger partial charge in [-0.2, -0.15) is 5.10 Å². The Balaban J connectivity index is 1.54. The first-order valence-electron chi connectivity index (χ1n) is 8.81. The molecule has 2 aromatic heterocycles. The van der Waals surface area contributed by atoms with Crippen LogP contribution in [0.1, 0.15) is 34.6 Å². The number of benzene rings is 2. The Kier molecular flexibility index (Phi) is 4.49. The van der Waals surface area contributed by atoms with Crippen molar-refractivity contribution in [2.24, 2.45) is 0 Å². The number of hydrogen-bond donors (Lipinski definition) is 1. The minimum absolute atomic E-state index is 0.00700. The molecule has 0 saturated carbocycles. The normalized spacial score (nSPS) is 12.1. The van der Waals surface area contributed by atoms with E-state index in [9.17, 15) is 9.59 Å². The van der Waals surface area contributed by atoms with Crippen molar-refractivity contribution >= 4 is 16.9 Å². The molecule has 4 rings (SSSR count). The molecule has 4 aromatic rings. The first-order chi connectivity index (χ1) is 13.5. The number of carbonyl (C=O) groups is 1. The second kappa shape index (κ2) is 7.11. The van der Waals surface area contributed by atoms with Crippen LogP contribution in [0.5, 0.6) is 0 Å². The van der Waals surface area contributed by atoms with Crippen LogP contribution in [-0.4, -0.2) is 20.7 Å². The Hall–Kier alpha value is -3.74. The van der Waals surface area contributed by atoms with E-state index >= 15 is 0 Å². The average Bonchev–Trinajstić information content (AvgIpc) is 3.23. The summed E-state index contributed by atoms with van der Waals surface area (Å²) in [5.41, 5.74) is 2.90. The van der Waals surface area contributed by atoms with E-state index in [0.29, 0.717) is 11.0 Å². The van der Waals surface area contributed by atoms with Crippen molar-refractivity contribution in [1.82, 2.24) is 20.1 Å². The maximum absolute atomic E-state index is 12.6. The molecule has 0 saturated heterocycles. The van der Waals surface area contributed by atoms with Crippen molar-refractivity contribution in [2.75, 3.05) is 0 Å². The lowest BCUT2D eigenvalue weighted by Gasteiger charge is -2.14. The summed E-state index contributed by atoms with van der Waals surface area (Å²) in [7, 11) is 0. The molecule has 7 heteroatoms. The number of nitrogens with zero attached hydrogens (tertiary/aromatic N) is 3. The van der Waals surface area contributed by atoms with Gasteiger partial charge in [0.2, 0.25) is 0 Å². The number of aromatic nitrogens is 3. The molecule has 2 aromatic carbocycles. The first kappa shape index (κ1) is 17.7. The lowest BCUT2D eigenvalue weighted by atomic mass is 10.1. The zero-order valence-electron chi connectivity index (χ0n) is 15.4. The van der Waals surface area contributed by atoms with Gasteiger partial charge in [0.25, 0.3) is 5.91 Å². The average molecular weight is 374 g/mol. The fourth-order valence-corrected chi connectivity index (χ4v) is 2.99. The van der Waals surface area contributed by atoms with Crippen LogP contribution in [-0.2, 0) is 0 Å². The molecule has 0 aliphatic carbocycles. The molecule has 7 nitrogen and oxygen atoms in total. The lowest BCUT2D eigenvalue weighted by Crippen LogP contribution is -2.27. The number of aryl methyl sites for hydroxylation is 1. The molecule has 0 unspecified atom stereocenters.